The first kappa shape index (κ1) is 22.2. The molecule has 0 radical (unpaired) electrons. The van der Waals surface area contributed by atoms with Crippen molar-refractivity contribution < 1.29 is 19.5 Å². The van der Waals surface area contributed by atoms with Gasteiger partial charge in [0.05, 0.1) is 5.25 Å². The van der Waals surface area contributed by atoms with Crippen LogP contribution in [0.15, 0.2) is 59.5 Å². The minimum atomic E-state index is -1.19. The van der Waals surface area contributed by atoms with Crippen molar-refractivity contribution >= 4 is 40.9 Å². The van der Waals surface area contributed by atoms with Crippen molar-refractivity contribution in [3.63, 3.8) is 0 Å². The quantitative estimate of drug-likeness (QED) is 0.441. The maximum Gasteiger partial charge on any atom is 0.328 e. The van der Waals surface area contributed by atoms with Crippen LogP contribution in [0.5, 0.6) is 0 Å². The van der Waals surface area contributed by atoms with E-state index in [1.165, 1.54) is 11.8 Å². The second-order valence-corrected chi connectivity index (χ2v) is 7.79. The first-order chi connectivity index (χ1) is 13.8. The second kappa shape index (κ2) is 10.5. The number of nitrogens with one attached hydrogen (secondary N) is 2. The molecule has 2 amide bonds. The number of hydrogen-bond donors (Lipinski definition) is 3. The summed E-state index contributed by atoms with van der Waals surface area (Å²) >= 11 is 1.41. The zero-order valence-electron chi connectivity index (χ0n) is 16.6. The average molecular weight is 413 g/mol. The molecule has 1 unspecified atom stereocenters. The molecule has 0 heterocycles. The van der Waals surface area contributed by atoms with Crippen molar-refractivity contribution in [1.29, 1.82) is 0 Å². The Morgan fingerprint density at radius 2 is 1.83 bits per heavy atom. The Morgan fingerprint density at radius 3 is 2.48 bits per heavy atom. The first-order valence-corrected chi connectivity index (χ1v) is 10.0. The summed E-state index contributed by atoms with van der Waals surface area (Å²) in [6.45, 7) is 5.91. The maximum atomic E-state index is 12.7. The van der Waals surface area contributed by atoms with Crippen LogP contribution in [-0.2, 0) is 14.4 Å². The molecule has 0 bridgehead atoms. The van der Waals surface area contributed by atoms with Crippen molar-refractivity contribution in [2.45, 2.75) is 37.3 Å². The van der Waals surface area contributed by atoms with E-state index in [0.29, 0.717) is 12.1 Å². The number of anilines is 2. The number of amides is 2. The van der Waals surface area contributed by atoms with Gasteiger partial charge in [0.25, 0.3) is 0 Å². The van der Waals surface area contributed by atoms with Gasteiger partial charge >= 0.3 is 5.97 Å². The fourth-order valence-electron chi connectivity index (χ4n) is 2.63. The molecule has 0 aliphatic heterocycles. The van der Waals surface area contributed by atoms with E-state index < -0.39 is 11.9 Å². The van der Waals surface area contributed by atoms with Crippen molar-refractivity contribution in [1.82, 2.24) is 0 Å². The third-order valence-electron chi connectivity index (χ3n) is 4.06. The van der Waals surface area contributed by atoms with Crippen LogP contribution in [0.4, 0.5) is 11.4 Å². The van der Waals surface area contributed by atoms with Gasteiger partial charge in [-0.15, -0.1) is 11.8 Å². The van der Waals surface area contributed by atoms with E-state index >= 15 is 0 Å². The number of aliphatic carboxylic acids is 1. The molecule has 152 valence electrons. The summed E-state index contributed by atoms with van der Waals surface area (Å²) in [6.07, 6.45) is 2.37. The van der Waals surface area contributed by atoms with Crippen molar-refractivity contribution in [3.8, 4) is 0 Å². The van der Waals surface area contributed by atoms with E-state index in [9.17, 15) is 14.4 Å². The van der Waals surface area contributed by atoms with Gasteiger partial charge in [-0.1, -0.05) is 30.7 Å². The molecule has 2 aromatic rings. The highest BCUT2D eigenvalue weighted by molar-refractivity contribution is 8.00. The zero-order chi connectivity index (χ0) is 21.4. The Labute approximate surface area is 174 Å². The molecular weight excluding hydrogens is 388 g/mol. The van der Waals surface area contributed by atoms with E-state index in [-0.39, 0.29) is 11.2 Å². The molecule has 0 aliphatic carbocycles. The summed E-state index contributed by atoms with van der Waals surface area (Å²) in [5.74, 6) is -1.80. The van der Waals surface area contributed by atoms with E-state index in [2.05, 4.69) is 10.6 Å². The first-order valence-electron chi connectivity index (χ1n) is 9.15. The highest BCUT2D eigenvalue weighted by Crippen LogP contribution is 2.29. The second-order valence-electron chi connectivity index (χ2n) is 6.51. The highest BCUT2D eigenvalue weighted by Gasteiger charge is 2.19. The molecule has 2 aromatic carbocycles. The summed E-state index contributed by atoms with van der Waals surface area (Å²) in [4.78, 5) is 35.8. The normalized spacial score (nSPS) is 11.8. The summed E-state index contributed by atoms with van der Waals surface area (Å²) in [6, 6.07) is 13.0. The number of carboxylic acids is 1. The summed E-state index contributed by atoms with van der Waals surface area (Å²) in [7, 11) is 0. The zero-order valence-corrected chi connectivity index (χ0v) is 17.4. The maximum absolute atomic E-state index is 12.7. The SMILES string of the molecule is CCC(Sc1cccc(NC(=O)/C=C/C(=O)O)c1)C(=O)Nc1ccc(C)cc1C. The van der Waals surface area contributed by atoms with Crippen LogP contribution >= 0.6 is 11.8 Å². The predicted octanol–water partition coefficient (Wildman–Crippen LogP) is 4.39. The number of aryl methyl sites for hydroxylation is 2. The van der Waals surface area contributed by atoms with E-state index in [4.69, 9.17) is 5.11 Å². The number of carbonyl (C=O) groups excluding carboxylic acids is 2. The minimum Gasteiger partial charge on any atom is -0.478 e. The fraction of sp³-hybridized carbons (Fsp3) is 0.227. The highest BCUT2D eigenvalue weighted by atomic mass is 32.2. The van der Waals surface area contributed by atoms with Crippen LogP contribution in [0.25, 0.3) is 0 Å². The third kappa shape index (κ3) is 7.12. The number of carboxylic acid groups (broad SMARTS) is 1. The average Bonchev–Trinajstić information content (AvgIpc) is 2.67. The molecule has 6 nitrogen and oxygen atoms in total. The van der Waals surface area contributed by atoms with Crippen LogP contribution in [0.3, 0.4) is 0 Å². The lowest BCUT2D eigenvalue weighted by atomic mass is 10.1. The topological polar surface area (TPSA) is 95.5 Å². The fourth-order valence-corrected chi connectivity index (χ4v) is 3.64. The Hall–Kier alpha value is -3.06. The molecule has 0 fully saturated rings. The monoisotopic (exact) mass is 412 g/mol. The van der Waals surface area contributed by atoms with Gasteiger partial charge < -0.3 is 15.7 Å². The largest absolute Gasteiger partial charge is 0.478 e. The predicted molar refractivity (Wildman–Crippen MR) is 116 cm³/mol. The van der Waals surface area contributed by atoms with Gasteiger partial charge in [0.15, 0.2) is 0 Å². The molecule has 0 saturated carbocycles. The van der Waals surface area contributed by atoms with Gasteiger partial charge in [0, 0.05) is 28.4 Å². The number of thioether (sulfide) groups is 1. The molecule has 29 heavy (non-hydrogen) atoms. The number of rotatable bonds is 8. The number of hydrogen-bond acceptors (Lipinski definition) is 4. The smallest absolute Gasteiger partial charge is 0.328 e. The van der Waals surface area contributed by atoms with Gasteiger partial charge in [-0.25, -0.2) is 4.79 Å². The standard InChI is InChI=1S/C22H24N2O4S/c1-4-19(22(28)24-18-9-8-14(2)12-15(18)3)29-17-7-5-6-16(13-17)23-20(25)10-11-21(26)27/h5-13,19H,4H2,1-3H3,(H,23,25)(H,24,28)(H,26,27)/b11-10+. The summed E-state index contributed by atoms with van der Waals surface area (Å²) in [5, 5.41) is 13.9. The molecule has 0 saturated heterocycles. The third-order valence-corrected chi connectivity index (χ3v) is 5.42. The number of benzene rings is 2. The lowest BCUT2D eigenvalue weighted by molar-refractivity contribution is -0.131. The van der Waals surface area contributed by atoms with Gasteiger partial charge in [-0.2, -0.15) is 0 Å². The summed E-state index contributed by atoms with van der Waals surface area (Å²) < 4.78 is 0. The van der Waals surface area contributed by atoms with Gasteiger partial charge in [0.2, 0.25) is 11.8 Å². The van der Waals surface area contributed by atoms with E-state index in [0.717, 1.165) is 33.9 Å². The molecule has 7 heteroatoms. The Kier molecular flexibility index (Phi) is 8.03. The van der Waals surface area contributed by atoms with Crippen LogP contribution in [0, 0.1) is 13.8 Å². The molecule has 0 aliphatic rings. The summed E-state index contributed by atoms with van der Waals surface area (Å²) in [5.41, 5.74) is 3.47. The Morgan fingerprint density at radius 1 is 1.07 bits per heavy atom. The van der Waals surface area contributed by atoms with Crippen LogP contribution < -0.4 is 10.6 Å². The number of carbonyl (C=O) groups is 3. The molecule has 0 spiro atoms. The van der Waals surface area contributed by atoms with Crippen LogP contribution in [-0.4, -0.2) is 28.1 Å². The molecule has 0 aromatic heterocycles. The molecular formula is C22H24N2O4S. The molecule has 1 atom stereocenters. The van der Waals surface area contributed by atoms with Crippen LogP contribution in [0.1, 0.15) is 24.5 Å². The Balaban J connectivity index is 2.05. The molecule has 2 rings (SSSR count). The van der Waals surface area contributed by atoms with Crippen molar-refractivity contribution in [2.75, 3.05) is 10.6 Å². The van der Waals surface area contributed by atoms with E-state index in [1.54, 1.807) is 18.2 Å². The van der Waals surface area contributed by atoms with Crippen molar-refractivity contribution in [2.24, 2.45) is 0 Å². The van der Waals surface area contributed by atoms with Gasteiger partial charge in [-0.05, 0) is 50.1 Å². The van der Waals surface area contributed by atoms with E-state index in [1.807, 2.05) is 45.0 Å². The van der Waals surface area contributed by atoms with Crippen LogP contribution in [0.2, 0.25) is 0 Å². The molecule has 3 N–H and O–H groups in total. The lowest BCUT2D eigenvalue weighted by Crippen LogP contribution is -2.25. The minimum absolute atomic E-state index is 0.0803. The Bertz CT molecular complexity index is 940. The van der Waals surface area contributed by atoms with Crippen molar-refractivity contribution in [3.05, 3.63) is 65.7 Å². The van der Waals surface area contributed by atoms with Gasteiger partial charge in [-0.3, -0.25) is 9.59 Å². The van der Waals surface area contributed by atoms with Gasteiger partial charge in [0.1, 0.15) is 0 Å². The lowest BCUT2D eigenvalue weighted by Gasteiger charge is -2.16.